The Bertz CT molecular complexity index is 683. The quantitative estimate of drug-likeness (QED) is 0.857. The van der Waals surface area contributed by atoms with Gasteiger partial charge in [-0.2, -0.15) is 5.26 Å². The van der Waals surface area contributed by atoms with Crippen molar-refractivity contribution in [3.63, 3.8) is 0 Å². The van der Waals surface area contributed by atoms with Crippen LogP contribution in [-0.4, -0.2) is 18.8 Å². The predicted molar refractivity (Wildman–Crippen MR) is 82.4 cm³/mol. The highest BCUT2D eigenvalue weighted by molar-refractivity contribution is 5.45. The molecule has 22 heavy (non-hydrogen) atoms. The van der Waals surface area contributed by atoms with Crippen molar-refractivity contribution in [1.82, 2.24) is 5.32 Å². The van der Waals surface area contributed by atoms with E-state index in [2.05, 4.69) is 11.4 Å². The Morgan fingerprint density at radius 3 is 2.73 bits per heavy atom. The number of hydrogen-bond donors (Lipinski definition) is 2. The number of rotatable bonds is 6. The molecule has 0 bridgehead atoms. The van der Waals surface area contributed by atoms with E-state index >= 15 is 0 Å². The molecular formula is C17H20N2O3. The maximum absolute atomic E-state index is 10.4. The Hall–Kier alpha value is -2.29. The van der Waals surface area contributed by atoms with Crippen molar-refractivity contribution in [2.45, 2.75) is 26.0 Å². The van der Waals surface area contributed by atoms with Gasteiger partial charge in [-0.1, -0.05) is 6.07 Å². The lowest BCUT2D eigenvalue weighted by Gasteiger charge is -2.21. The molecule has 0 aliphatic heterocycles. The molecule has 0 saturated carbocycles. The third kappa shape index (κ3) is 3.67. The minimum absolute atomic E-state index is 0.341. The number of nitrogens with zero attached hydrogens (tertiary/aromatic N) is 1. The summed E-state index contributed by atoms with van der Waals surface area (Å²) in [5, 5.41) is 22.7. The molecule has 5 nitrogen and oxygen atoms in total. The molecule has 2 aromatic rings. The van der Waals surface area contributed by atoms with Crippen molar-refractivity contribution >= 4 is 0 Å². The Labute approximate surface area is 130 Å². The first-order valence-electron chi connectivity index (χ1n) is 7.03. The smallest absolute Gasteiger partial charge is 0.136 e. The topological polar surface area (TPSA) is 78.4 Å². The van der Waals surface area contributed by atoms with Crippen LogP contribution in [0.1, 0.15) is 29.6 Å². The number of aliphatic hydroxyl groups is 1. The van der Waals surface area contributed by atoms with E-state index in [0.717, 1.165) is 11.3 Å². The Balaban J connectivity index is 1.98. The van der Waals surface area contributed by atoms with Crippen LogP contribution in [0.25, 0.3) is 0 Å². The number of ether oxygens (including phenoxy) is 1. The van der Waals surface area contributed by atoms with Gasteiger partial charge in [0.15, 0.2) is 0 Å². The van der Waals surface area contributed by atoms with Crippen LogP contribution in [-0.2, 0) is 12.1 Å². The molecule has 116 valence electrons. The van der Waals surface area contributed by atoms with Crippen molar-refractivity contribution in [2.75, 3.05) is 13.7 Å². The summed E-state index contributed by atoms with van der Waals surface area (Å²) in [5.41, 5.74) is 0.359. The highest BCUT2D eigenvalue weighted by Crippen LogP contribution is 2.22. The first-order chi connectivity index (χ1) is 10.5. The maximum Gasteiger partial charge on any atom is 0.136 e. The molecule has 0 aliphatic carbocycles. The molecule has 0 saturated heterocycles. The molecule has 1 heterocycles. The Morgan fingerprint density at radius 1 is 1.36 bits per heavy atom. The molecule has 2 N–H and O–H groups in total. The standard InChI is InChI=1S/C17H20N2O3/c1-12-4-7-16(22-12)17(2,20)11-19-10-13-5-6-15(21-3)14(8-13)9-18/h4-8,19-20H,10-11H2,1-3H3. The summed E-state index contributed by atoms with van der Waals surface area (Å²) in [6.07, 6.45) is 0. The lowest BCUT2D eigenvalue weighted by molar-refractivity contribution is 0.0333. The number of methoxy groups -OCH3 is 1. The van der Waals surface area contributed by atoms with E-state index in [1.165, 1.54) is 7.11 Å². The molecular weight excluding hydrogens is 280 g/mol. The van der Waals surface area contributed by atoms with Crippen molar-refractivity contribution < 1.29 is 14.3 Å². The van der Waals surface area contributed by atoms with E-state index in [0.29, 0.717) is 30.2 Å². The fourth-order valence-electron chi connectivity index (χ4n) is 2.21. The zero-order chi connectivity index (χ0) is 16.2. The van der Waals surface area contributed by atoms with Crippen LogP contribution in [0.2, 0.25) is 0 Å². The van der Waals surface area contributed by atoms with Gasteiger partial charge in [-0.05, 0) is 43.7 Å². The van der Waals surface area contributed by atoms with Gasteiger partial charge in [-0.25, -0.2) is 0 Å². The summed E-state index contributed by atoms with van der Waals surface area (Å²) >= 11 is 0. The van der Waals surface area contributed by atoms with Crippen LogP contribution in [0.5, 0.6) is 5.75 Å². The van der Waals surface area contributed by atoms with Crippen LogP contribution in [0.4, 0.5) is 0 Å². The highest BCUT2D eigenvalue weighted by atomic mass is 16.5. The molecule has 2 rings (SSSR count). The highest BCUT2D eigenvalue weighted by Gasteiger charge is 2.26. The van der Waals surface area contributed by atoms with Gasteiger partial charge in [0, 0.05) is 13.1 Å². The molecule has 1 aromatic heterocycles. The number of hydrogen-bond acceptors (Lipinski definition) is 5. The second kappa shape index (κ2) is 6.65. The molecule has 1 aromatic carbocycles. The lowest BCUT2D eigenvalue weighted by atomic mass is 10.0. The van der Waals surface area contributed by atoms with Gasteiger partial charge in [0.1, 0.15) is 28.9 Å². The molecule has 0 aliphatic rings. The van der Waals surface area contributed by atoms with Gasteiger partial charge in [-0.15, -0.1) is 0 Å². The predicted octanol–water partition coefficient (Wildman–Crippen LogP) is 2.47. The SMILES string of the molecule is COc1ccc(CNCC(C)(O)c2ccc(C)o2)cc1C#N. The van der Waals surface area contributed by atoms with Gasteiger partial charge in [0.25, 0.3) is 0 Å². The third-order valence-electron chi connectivity index (χ3n) is 3.45. The molecule has 0 amide bonds. The maximum atomic E-state index is 10.4. The minimum Gasteiger partial charge on any atom is -0.495 e. The first-order valence-corrected chi connectivity index (χ1v) is 7.03. The number of aryl methyl sites for hydroxylation is 1. The molecule has 0 spiro atoms. The zero-order valence-electron chi connectivity index (χ0n) is 13.0. The summed E-state index contributed by atoms with van der Waals surface area (Å²) in [6.45, 7) is 4.42. The second-order valence-corrected chi connectivity index (χ2v) is 5.43. The largest absolute Gasteiger partial charge is 0.495 e. The van der Waals surface area contributed by atoms with E-state index in [1.807, 2.05) is 19.1 Å². The van der Waals surface area contributed by atoms with Gasteiger partial charge in [0.05, 0.1) is 12.7 Å². The van der Waals surface area contributed by atoms with E-state index in [4.69, 9.17) is 14.4 Å². The average molecular weight is 300 g/mol. The van der Waals surface area contributed by atoms with Crippen LogP contribution in [0.15, 0.2) is 34.7 Å². The molecule has 0 fully saturated rings. The number of benzene rings is 1. The van der Waals surface area contributed by atoms with Crippen molar-refractivity contribution in [2.24, 2.45) is 0 Å². The Morgan fingerprint density at radius 2 is 2.14 bits per heavy atom. The normalized spacial score (nSPS) is 13.4. The van der Waals surface area contributed by atoms with Gasteiger partial charge >= 0.3 is 0 Å². The minimum atomic E-state index is -1.08. The second-order valence-electron chi connectivity index (χ2n) is 5.43. The van der Waals surface area contributed by atoms with E-state index in [9.17, 15) is 5.11 Å². The van der Waals surface area contributed by atoms with Crippen LogP contribution < -0.4 is 10.1 Å². The summed E-state index contributed by atoms with van der Waals surface area (Å²) in [5.74, 6) is 1.86. The third-order valence-corrected chi connectivity index (χ3v) is 3.45. The summed E-state index contributed by atoms with van der Waals surface area (Å²) < 4.78 is 10.6. The van der Waals surface area contributed by atoms with Crippen LogP contribution in [0, 0.1) is 18.3 Å². The van der Waals surface area contributed by atoms with Crippen molar-refractivity contribution in [3.05, 3.63) is 53.0 Å². The average Bonchev–Trinajstić information content (AvgIpc) is 2.94. The van der Waals surface area contributed by atoms with Gasteiger partial charge in [-0.3, -0.25) is 0 Å². The lowest BCUT2D eigenvalue weighted by Crippen LogP contribution is -2.34. The van der Waals surface area contributed by atoms with E-state index in [-0.39, 0.29) is 0 Å². The number of nitriles is 1. The van der Waals surface area contributed by atoms with Crippen molar-refractivity contribution in [3.8, 4) is 11.8 Å². The fourth-order valence-corrected chi connectivity index (χ4v) is 2.21. The van der Waals surface area contributed by atoms with Crippen LogP contribution >= 0.6 is 0 Å². The number of furan rings is 1. The monoisotopic (exact) mass is 300 g/mol. The van der Waals surface area contributed by atoms with E-state index < -0.39 is 5.60 Å². The van der Waals surface area contributed by atoms with Crippen LogP contribution in [0.3, 0.4) is 0 Å². The molecule has 5 heteroatoms. The molecule has 0 radical (unpaired) electrons. The first kappa shape index (κ1) is 16.1. The zero-order valence-corrected chi connectivity index (χ0v) is 13.0. The summed E-state index contributed by atoms with van der Waals surface area (Å²) in [4.78, 5) is 0. The fraction of sp³-hybridized carbons (Fsp3) is 0.353. The summed E-state index contributed by atoms with van der Waals surface area (Å²) in [7, 11) is 1.54. The summed E-state index contributed by atoms with van der Waals surface area (Å²) in [6, 6.07) is 11.1. The van der Waals surface area contributed by atoms with E-state index in [1.54, 1.807) is 25.1 Å². The van der Waals surface area contributed by atoms with Crippen molar-refractivity contribution in [1.29, 1.82) is 5.26 Å². The number of nitrogens with one attached hydrogen (secondary N) is 1. The Kier molecular flexibility index (Phi) is 4.86. The van der Waals surface area contributed by atoms with Gasteiger partial charge in [0.2, 0.25) is 0 Å². The van der Waals surface area contributed by atoms with Gasteiger partial charge < -0.3 is 19.6 Å². The molecule has 1 unspecified atom stereocenters. The molecule has 1 atom stereocenters.